The highest BCUT2D eigenvalue weighted by atomic mass is 35.5. The van der Waals surface area contributed by atoms with Crippen LogP contribution in [0.2, 0.25) is 10.0 Å². The van der Waals surface area contributed by atoms with E-state index in [-0.39, 0.29) is 16.8 Å². The largest absolute Gasteiger partial charge is 0.508 e. The second-order valence-electron chi connectivity index (χ2n) is 11.1. The number of ether oxygens (including phenoxy) is 1. The number of rotatable bonds is 7. The van der Waals surface area contributed by atoms with Gasteiger partial charge in [-0.05, 0) is 75.3 Å². The Morgan fingerprint density at radius 2 is 1.87 bits per heavy atom. The predicted octanol–water partition coefficient (Wildman–Crippen LogP) is 8.17. The van der Waals surface area contributed by atoms with E-state index < -0.39 is 0 Å². The van der Waals surface area contributed by atoms with Crippen LogP contribution >= 0.6 is 23.2 Å². The number of aromatic nitrogens is 3. The molecule has 0 spiro atoms. The summed E-state index contributed by atoms with van der Waals surface area (Å²) in [5, 5.41) is 16.1. The van der Waals surface area contributed by atoms with E-state index in [1.807, 2.05) is 42.6 Å². The first kappa shape index (κ1) is 24.1. The molecule has 3 fully saturated rings. The first-order valence-corrected chi connectivity index (χ1v) is 13.8. The molecule has 2 aromatic carbocycles. The van der Waals surface area contributed by atoms with Crippen molar-refractivity contribution in [2.24, 2.45) is 0 Å². The summed E-state index contributed by atoms with van der Waals surface area (Å²) >= 11 is 13.1. The molecule has 1 N–H and O–H groups in total. The number of halogens is 2. The summed E-state index contributed by atoms with van der Waals surface area (Å²) in [6.45, 7) is 4.02. The van der Waals surface area contributed by atoms with Crippen LogP contribution in [0.4, 0.5) is 0 Å². The number of nitrogens with zero attached hydrogens (tertiary/aromatic N) is 3. The van der Waals surface area contributed by atoms with Crippen LogP contribution in [0, 0.1) is 0 Å². The van der Waals surface area contributed by atoms with Crippen molar-refractivity contribution >= 4 is 39.9 Å². The van der Waals surface area contributed by atoms with Gasteiger partial charge in [0.05, 0.1) is 27.8 Å². The maximum Gasteiger partial charge on any atom is 0.145 e. The zero-order valence-electron chi connectivity index (χ0n) is 20.8. The van der Waals surface area contributed by atoms with Gasteiger partial charge in [-0.15, -0.1) is 0 Å². The second-order valence-corrected chi connectivity index (χ2v) is 11.9. The van der Waals surface area contributed by atoms with Gasteiger partial charge >= 0.3 is 0 Å². The summed E-state index contributed by atoms with van der Waals surface area (Å²) in [6.07, 6.45) is 8.85. The highest BCUT2D eigenvalue weighted by Gasteiger charge is 2.57. The molecule has 38 heavy (non-hydrogen) atoms. The average molecular weight is 548 g/mol. The Balaban J connectivity index is 1.16. The number of hydrogen-bond acceptors (Lipinski definition) is 6. The first-order valence-electron chi connectivity index (χ1n) is 13.1. The molecular formula is C30H27Cl2N3O3. The van der Waals surface area contributed by atoms with Crippen LogP contribution < -0.4 is 0 Å². The summed E-state index contributed by atoms with van der Waals surface area (Å²) in [4.78, 5) is 9.74. The molecule has 2 heterocycles. The van der Waals surface area contributed by atoms with Crippen LogP contribution in [0.3, 0.4) is 0 Å². The van der Waals surface area contributed by atoms with Crippen molar-refractivity contribution in [3.05, 3.63) is 81.9 Å². The van der Waals surface area contributed by atoms with Crippen molar-refractivity contribution in [1.29, 1.82) is 0 Å². The fourth-order valence-electron chi connectivity index (χ4n) is 6.39. The molecule has 0 unspecified atom stereocenters. The van der Waals surface area contributed by atoms with E-state index in [0.29, 0.717) is 39.4 Å². The Kier molecular flexibility index (Phi) is 5.59. The minimum Gasteiger partial charge on any atom is -0.508 e. The average Bonchev–Trinajstić information content (AvgIpc) is 3.42. The standard InChI is InChI=1S/C30H27Cl2N3O3/c1-17(36)19-7-8-24-20(13-19)14-33-28(34-24)29-9-11-30(16-29,12-10-29)37-15-21-26(35-38-27(21)18-5-6-18)25-22(31)3-2-4-23(25)32/h2-4,7-8,13-14,18,36H,1,5-6,9-12,15-16H2. The Morgan fingerprint density at radius 3 is 2.58 bits per heavy atom. The van der Waals surface area contributed by atoms with Gasteiger partial charge in [-0.2, -0.15) is 0 Å². The molecule has 4 aromatic rings. The lowest BCUT2D eigenvalue weighted by molar-refractivity contribution is -0.0487. The summed E-state index contributed by atoms with van der Waals surface area (Å²) in [6, 6.07) is 11.1. The van der Waals surface area contributed by atoms with Crippen LogP contribution in [-0.4, -0.2) is 25.8 Å². The second kappa shape index (κ2) is 8.80. The van der Waals surface area contributed by atoms with Crippen molar-refractivity contribution in [3.8, 4) is 11.3 Å². The Bertz CT molecular complexity index is 1560. The molecule has 3 saturated carbocycles. The lowest BCUT2D eigenvalue weighted by atomic mass is 9.83. The zero-order chi connectivity index (χ0) is 26.1. The van der Waals surface area contributed by atoms with Crippen molar-refractivity contribution < 1.29 is 14.4 Å². The normalized spacial score (nSPS) is 24.4. The molecule has 0 atom stereocenters. The van der Waals surface area contributed by atoms with E-state index >= 15 is 0 Å². The van der Waals surface area contributed by atoms with Gasteiger partial charge in [0.15, 0.2) is 0 Å². The quantitative estimate of drug-likeness (QED) is 0.235. The van der Waals surface area contributed by atoms with Gasteiger partial charge in [0, 0.05) is 39.6 Å². The number of hydrogen-bond donors (Lipinski definition) is 1. The molecular weight excluding hydrogens is 521 g/mol. The lowest BCUT2D eigenvalue weighted by Crippen LogP contribution is -2.26. The molecule has 0 aliphatic heterocycles. The summed E-state index contributed by atoms with van der Waals surface area (Å²) in [5.74, 6) is 2.21. The summed E-state index contributed by atoms with van der Waals surface area (Å²) in [7, 11) is 0. The van der Waals surface area contributed by atoms with E-state index in [2.05, 4.69) is 11.7 Å². The Hall–Kier alpha value is -2.93. The van der Waals surface area contributed by atoms with Crippen LogP contribution in [0.15, 0.2) is 53.7 Å². The zero-order valence-corrected chi connectivity index (χ0v) is 22.4. The maximum atomic E-state index is 9.73. The monoisotopic (exact) mass is 547 g/mol. The van der Waals surface area contributed by atoms with Crippen LogP contribution in [0.5, 0.6) is 0 Å². The predicted molar refractivity (Wildman–Crippen MR) is 147 cm³/mol. The lowest BCUT2D eigenvalue weighted by Gasteiger charge is -2.27. The Labute approximate surface area is 230 Å². The van der Waals surface area contributed by atoms with Crippen molar-refractivity contribution in [3.63, 3.8) is 0 Å². The van der Waals surface area contributed by atoms with E-state index in [1.54, 1.807) is 0 Å². The number of benzene rings is 2. The van der Waals surface area contributed by atoms with Gasteiger partial charge in [-0.1, -0.05) is 41.0 Å². The maximum absolute atomic E-state index is 9.73. The number of fused-ring (bicyclic) bond motifs is 3. The highest BCUT2D eigenvalue weighted by Crippen LogP contribution is 2.59. The van der Waals surface area contributed by atoms with E-state index in [0.717, 1.165) is 73.0 Å². The SMILES string of the molecule is C=C(O)c1ccc2nc(C34CCC(OCc5c(-c6c(Cl)cccc6Cl)noc5C5CC5)(CC3)C4)ncc2c1. The molecule has 0 radical (unpaired) electrons. The van der Waals surface area contributed by atoms with Crippen molar-refractivity contribution in [1.82, 2.24) is 15.1 Å². The highest BCUT2D eigenvalue weighted by molar-refractivity contribution is 6.39. The minimum atomic E-state index is -0.226. The smallest absolute Gasteiger partial charge is 0.145 e. The fourth-order valence-corrected chi connectivity index (χ4v) is 6.97. The van der Waals surface area contributed by atoms with Crippen LogP contribution in [0.25, 0.3) is 27.9 Å². The van der Waals surface area contributed by atoms with Crippen molar-refractivity contribution in [2.75, 3.05) is 0 Å². The molecule has 0 amide bonds. The van der Waals surface area contributed by atoms with E-state index in [4.69, 9.17) is 42.4 Å². The van der Waals surface area contributed by atoms with Gasteiger partial charge in [-0.25, -0.2) is 9.97 Å². The molecule has 3 aliphatic carbocycles. The summed E-state index contributed by atoms with van der Waals surface area (Å²) < 4.78 is 12.6. The third-order valence-corrected chi connectivity index (χ3v) is 9.29. The first-order chi connectivity index (χ1) is 18.4. The molecule has 3 aliphatic rings. The molecule has 6 nitrogen and oxygen atoms in total. The summed E-state index contributed by atoms with van der Waals surface area (Å²) in [5.41, 5.74) is 3.59. The Morgan fingerprint density at radius 1 is 1.11 bits per heavy atom. The molecule has 2 aromatic heterocycles. The van der Waals surface area contributed by atoms with Crippen molar-refractivity contribution in [2.45, 2.75) is 68.5 Å². The molecule has 7 rings (SSSR count). The molecule has 194 valence electrons. The molecule has 8 heteroatoms. The van der Waals surface area contributed by atoms with Gasteiger partial charge in [0.1, 0.15) is 23.0 Å². The topological polar surface area (TPSA) is 81.3 Å². The third-order valence-electron chi connectivity index (χ3n) is 8.66. The van der Waals surface area contributed by atoms with Crippen LogP contribution in [-0.2, 0) is 16.8 Å². The minimum absolute atomic E-state index is 0.0423. The van der Waals surface area contributed by atoms with Crippen LogP contribution in [0.1, 0.15) is 73.6 Å². The number of aliphatic hydroxyl groups excluding tert-OH is 1. The number of aliphatic hydroxyl groups is 1. The molecule has 2 bridgehead atoms. The molecule has 0 saturated heterocycles. The van der Waals surface area contributed by atoms with Gasteiger partial charge in [-0.3, -0.25) is 0 Å². The van der Waals surface area contributed by atoms with Gasteiger partial charge in [0.2, 0.25) is 0 Å². The van der Waals surface area contributed by atoms with E-state index in [9.17, 15) is 5.11 Å². The fraction of sp³-hybridized carbons (Fsp3) is 0.367. The van der Waals surface area contributed by atoms with E-state index in [1.165, 1.54) is 0 Å². The third kappa shape index (κ3) is 3.93. The van der Waals surface area contributed by atoms with Gasteiger partial charge in [0.25, 0.3) is 0 Å². The van der Waals surface area contributed by atoms with Gasteiger partial charge < -0.3 is 14.4 Å².